The van der Waals surface area contributed by atoms with Crippen LogP contribution in [0.25, 0.3) is 0 Å². The van der Waals surface area contributed by atoms with Crippen molar-refractivity contribution in [1.29, 1.82) is 0 Å². The predicted molar refractivity (Wildman–Crippen MR) is 67.4 cm³/mol. The van der Waals surface area contributed by atoms with Crippen molar-refractivity contribution in [1.82, 2.24) is 10.2 Å². The molecule has 0 amide bonds. The molecule has 2 unspecified atom stereocenters. The van der Waals surface area contributed by atoms with E-state index in [0.29, 0.717) is 19.0 Å². The molecule has 18 heavy (non-hydrogen) atoms. The number of nitrogens with one attached hydrogen (secondary N) is 1. The van der Waals surface area contributed by atoms with Gasteiger partial charge >= 0.3 is 5.97 Å². The molecule has 1 heterocycles. The Bertz CT molecular complexity index is 250. The van der Waals surface area contributed by atoms with Crippen molar-refractivity contribution < 1.29 is 20.1 Å². The van der Waals surface area contributed by atoms with Gasteiger partial charge in [0.2, 0.25) is 0 Å². The van der Waals surface area contributed by atoms with E-state index in [-0.39, 0.29) is 25.7 Å². The number of carbonyl (C=O) groups is 1. The van der Waals surface area contributed by atoms with Crippen molar-refractivity contribution in [2.24, 2.45) is 5.92 Å². The minimum atomic E-state index is -0.779. The molecule has 1 aliphatic rings. The number of carboxylic acids is 1. The first-order chi connectivity index (χ1) is 8.65. The first-order valence-electron chi connectivity index (χ1n) is 6.55. The molecule has 2 atom stereocenters. The molecule has 0 aromatic heterocycles. The highest BCUT2D eigenvalue weighted by Gasteiger charge is 2.26. The molecule has 0 radical (unpaired) electrons. The molecule has 1 fully saturated rings. The van der Waals surface area contributed by atoms with E-state index in [2.05, 4.69) is 10.2 Å². The maximum Gasteiger partial charge on any atom is 0.304 e. The predicted octanol–water partition coefficient (Wildman–Crippen LogP) is -0.884. The summed E-state index contributed by atoms with van der Waals surface area (Å²) in [7, 11) is 0. The number of hydrogen-bond donors (Lipinski definition) is 4. The fourth-order valence-electron chi connectivity index (χ4n) is 2.55. The maximum atomic E-state index is 10.6. The summed E-state index contributed by atoms with van der Waals surface area (Å²) in [6.07, 6.45) is 1.88. The molecule has 1 aliphatic heterocycles. The van der Waals surface area contributed by atoms with Gasteiger partial charge < -0.3 is 25.5 Å². The lowest BCUT2D eigenvalue weighted by atomic mass is 9.91. The summed E-state index contributed by atoms with van der Waals surface area (Å²) in [4.78, 5) is 12.7. The van der Waals surface area contributed by atoms with E-state index in [1.54, 1.807) is 0 Å². The third kappa shape index (κ3) is 5.77. The highest BCUT2D eigenvalue weighted by molar-refractivity contribution is 5.66. The molecule has 6 heteroatoms. The number of carboxylic acid groups (broad SMARTS) is 1. The Balaban J connectivity index is 2.42. The summed E-state index contributed by atoms with van der Waals surface area (Å²) in [5.74, 6) is -0.382. The molecule has 4 N–H and O–H groups in total. The molecule has 0 bridgehead atoms. The van der Waals surface area contributed by atoms with Crippen LogP contribution in [0.3, 0.4) is 0 Å². The van der Waals surface area contributed by atoms with Crippen molar-refractivity contribution >= 4 is 5.97 Å². The highest BCUT2D eigenvalue weighted by atomic mass is 16.4. The van der Waals surface area contributed by atoms with Gasteiger partial charge in [0, 0.05) is 38.8 Å². The highest BCUT2D eigenvalue weighted by Crippen LogP contribution is 2.20. The summed E-state index contributed by atoms with van der Waals surface area (Å²) in [5.41, 5.74) is 0. The topological polar surface area (TPSA) is 93.0 Å². The number of hydrogen-bond acceptors (Lipinski definition) is 5. The summed E-state index contributed by atoms with van der Waals surface area (Å²) >= 11 is 0. The summed E-state index contributed by atoms with van der Waals surface area (Å²) in [6.45, 7) is 3.05. The van der Waals surface area contributed by atoms with E-state index in [4.69, 9.17) is 15.3 Å². The van der Waals surface area contributed by atoms with E-state index < -0.39 is 5.97 Å². The lowest BCUT2D eigenvalue weighted by molar-refractivity contribution is -0.137. The summed E-state index contributed by atoms with van der Waals surface area (Å²) < 4.78 is 0. The van der Waals surface area contributed by atoms with Gasteiger partial charge in [0.15, 0.2) is 0 Å². The molecule has 0 aromatic rings. The molecular formula is C12H24N2O4. The number of nitrogens with zero attached hydrogens (tertiary/aromatic N) is 1. The Morgan fingerprint density at radius 2 is 2.06 bits per heavy atom. The first-order valence-corrected chi connectivity index (χ1v) is 6.55. The fraction of sp³-hybridized carbons (Fsp3) is 0.917. The van der Waals surface area contributed by atoms with Crippen molar-refractivity contribution in [3.8, 4) is 0 Å². The molecule has 1 rings (SSSR count). The smallest absolute Gasteiger partial charge is 0.304 e. The van der Waals surface area contributed by atoms with Crippen LogP contribution in [0.4, 0.5) is 0 Å². The van der Waals surface area contributed by atoms with Crippen LogP contribution in [-0.4, -0.2) is 71.6 Å². The van der Waals surface area contributed by atoms with Crippen molar-refractivity contribution in [2.45, 2.75) is 25.3 Å². The van der Waals surface area contributed by atoms with Crippen LogP contribution in [0, 0.1) is 5.92 Å². The van der Waals surface area contributed by atoms with Crippen LogP contribution in [0.1, 0.15) is 19.3 Å². The summed E-state index contributed by atoms with van der Waals surface area (Å²) in [5, 5.41) is 29.8. The lowest BCUT2D eigenvalue weighted by Gasteiger charge is -2.38. The van der Waals surface area contributed by atoms with Crippen LogP contribution in [0.5, 0.6) is 0 Å². The van der Waals surface area contributed by atoms with E-state index in [1.807, 2.05) is 0 Å². The van der Waals surface area contributed by atoms with Gasteiger partial charge in [-0.05, 0) is 18.8 Å². The first kappa shape index (κ1) is 15.4. The average molecular weight is 260 g/mol. The van der Waals surface area contributed by atoms with Gasteiger partial charge in [-0.3, -0.25) is 4.79 Å². The van der Waals surface area contributed by atoms with Crippen molar-refractivity contribution in [3.05, 3.63) is 0 Å². The number of rotatable bonds is 8. The Morgan fingerprint density at radius 1 is 1.28 bits per heavy atom. The fourth-order valence-corrected chi connectivity index (χ4v) is 2.55. The third-order valence-electron chi connectivity index (χ3n) is 3.34. The molecule has 1 saturated heterocycles. The number of likely N-dealkylation sites (tertiary alicyclic amines) is 1. The second kappa shape index (κ2) is 8.42. The quantitative estimate of drug-likeness (QED) is 0.453. The number of aliphatic hydroxyl groups is 2. The van der Waals surface area contributed by atoms with Gasteiger partial charge in [0.25, 0.3) is 0 Å². The van der Waals surface area contributed by atoms with Crippen LogP contribution in [-0.2, 0) is 4.79 Å². The zero-order valence-corrected chi connectivity index (χ0v) is 10.7. The average Bonchev–Trinajstić information content (AvgIpc) is 2.34. The van der Waals surface area contributed by atoms with Gasteiger partial charge in [-0.1, -0.05) is 0 Å². The van der Waals surface area contributed by atoms with E-state index in [9.17, 15) is 4.79 Å². The molecule has 0 saturated carbocycles. The van der Waals surface area contributed by atoms with Gasteiger partial charge in [0.1, 0.15) is 0 Å². The standard InChI is InChI=1S/C12H24N2O4/c15-5-2-10-7-11(13-3-6-16)9-14(8-10)4-1-12(17)18/h10-11,13,15-16H,1-9H2,(H,17,18). The molecule has 106 valence electrons. The Morgan fingerprint density at radius 3 is 2.67 bits per heavy atom. The molecule has 0 aliphatic carbocycles. The number of piperidine rings is 1. The molecular weight excluding hydrogens is 236 g/mol. The SMILES string of the molecule is O=C(O)CCN1CC(CCO)CC(NCCO)C1. The van der Waals surface area contributed by atoms with Gasteiger partial charge in [-0.2, -0.15) is 0 Å². The van der Waals surface area contributed by atoms with Crippen LogP contribution < -0.4 is 5.32 Å². The zero-order valence-electron chi connectivity index (χ0n) is 10.7. The summed E-state index contributed by atoms with van der Waals surface area (Å²) in [6, 6.07) is 0.274. The van der Waals surface area contributed by atoms with Crippen molar-refractivity contribution in [3.63, 3.8) is 0 Å². The lowest BCUT2D eigenvalue weighted by Crippen LogP contribution is -2.50. The zero-order chi connectivity index (χ0) is 13.4. The van der Waals surface area contributed by atoms with E-state index >= 15 is 0 Å². The van der Waals surface area contributed by atoms with Gasteiger partial charge in [-0.25, -0.2) is 0 Å². The largest absolute Gasteiger partial charge is 0.481 e. The number of aliphatic hydroxyl groups excluding tert-OH is 2. The minimum absolute atomic E-state index is 0.107. The maximum absolute atomic E-state index is 10.6. The molecule has 0 spiro atoms. The second-order valence-electron chi connectivity index (χ2n) is 4.89. The minimum Gasteiger partial charge on any atom is -0.481 e. The number of aliphatic carboxylic acids is 1. The Kier molecular flexibility index (Phi) is 7.19. The van der Waals surface area contributed by atoms with Crippen LogP contribution in [0.15, 0.2) is 0 Å². The third-order valence-corrected chi connectivity index (χ3v) is 3.34. The van der Waals surface area contributed by atoms with Gasteiger partial charge in [-0.15, -0.1) is 0 Å². The normalized spacial score (nSPS) is 25.2. The monoisotopic (exact) mass is 260 g/mol. The van der Waals surface area contributed by atoms with Gasteiger partial charge in [0.05, 0.1) is 13.0 Å². The molecule has 0 aromatic carbocycles. The van der Waals surface area contributed by atoms with Crippen LogP contribution in [0.2, 0.25) is 0 Å². The van der Waals surface area contributed by atoms with E-state index in [1.165, 1.54) is 0 Å². The van der Waals surface area contributed by atoms with Crippen LogP contribution >= 0.6 is 0 Å². The second-order valence-corrected chi connectivity index (χ2v) is 4.89. The van der Waals surface area contributed by atoms with Crippen molar-refractivity contribution in [2.75, 3.05) is 39.4 Å². The van der Waals surface area contributed by atoms with E-state index in [0.717, 1.165) is 25.9 Å². The Labute approximate surface area is 108 Å². The molecule has 6 nitrogen and oxygen atoms in total. The Hall–Kier alpha value is -0.690.